The second kappa shape index (κ2) is 4.77. The minimum atomic E-state index is -0.385. The summed E-state index contributed by atoms with van der Waals surface area (Å²) >= 11 is 0. The Balaban J connectivity index is 2.20. The number of anilines is 1. The molecule has 3 aromatic rings. The van der Waals surface area contributed by atoms with E-state index in [1.807, 2.05) is 0 Å². The number of benzene rings is 2. The normalized spacial score (nSPS) is 10.7. The molecular weight excluding hydrogens is 260 g/mol. The van der Waals surface area contributed by atoms with E-state index in [9.17, 15) is 8.78 Å². The number of nitrogens with two attached hydrogens (primary N) is 1. The average Bonchev–Trinajstić information content (AvgIpc) is 2.82. The van der Waals surface area contributed by atoms with Crippen molar-refractivity contribution in [3.63, 3.8) is 0 Å². The van der Waals surface area contributed by atoms with Crippen LogP contribution in [0, 0.1) is 11.6 Å². The molecule has 3 rings (SSSR count). The van der Waals surface area contributed by atoms with Crippen LogP contribution in [-0.4, -0.2) is 10.2 Å². The van der Waals surface area contributed by atoms with Crippen molar-refractivity contribution in [1.82, 2.24) is 10.2 Å². The third-order valence-corrected chi connectivity index (χ3v) is 3.07. The first kappa shape index (κ1) is 12.3. The lowest BCUT2D eigenvalue weighted by atomic mass is 10.0. The summed E-state index contributed by atoms with van der Waals surface area (Å²) < 4.78 is 26.9. The van der Waals surface area contributed by atoms with Gasteiger partial charge < -0.3 is 5.73 Å². The number of nitrogen functional groups attached to an aromatic ring is 1. The molecule has 5 heteroatoms. The van der Waals surface area contributed by atoms with Gasteiger partial charge in [-0.05, 0) is 30.3 Å². The van der Waals surface area contributed by atoms with Gasteiger partial charge in [0.2, 0.25) is 0 Å². The number of hydrogen-bond acceptors (Lipinski definition) is 2. The van der Waals surface area contributed by atoms with E-state index >= 15 is 0 Å². The van der Waals surface area contributed by atoms with Crippen LogP contribution in [0.2, 0.25) is 0 Å². The van der Waals surface area contributed by atoms with Gasteiger partial charge in [0.1, 0.15) is 11.6 Å². The number of rotatable bonds is 2. The number of halogens is 2. The number of nitrogens with zero attached hydrogens (tertiary/aromatic N) is 1. The first-order chi connectivity index (χ1) is 9.66. The topological polar surface area (TPSA) is 54.7 Å². The highest BCUT2D eigenvalue weighted by molar-refractivity contribution is 5.87. The molecule has 0 saturated carbocycles. The molecule has 0 atom stereocenters. The lowest BCUT2D eigenvalue weighted by Crippen LogP contribution is -1.91. The highest BCUT2D eigenvalue weighted by Gasteiger charge is 2.17. The van der Waals surface area contributed by atoms with E-state index in [2.05, 4.69) is 10.2 Å². The summed E-state index contributed by atoms with van der Waals surface area (Å²) in [7, 11) is 0. The molecule has 0 aliphatic carbocycles. The molecule has 1 heterocycles. The van der Waals surface area contributed by atoms with Crippen molar-refractivity contribution in [2.45, 2.75) is 0 Å². The fourth-order valence-corrected chi connectivity index (χ4v) is 2.12. The van der Waals surface area contributed by atoms with Crippen LogP contribution < -0.4 is 5.73 Å². The van der Waals surface area contributed by atoms with Gasteiger partial charge in [-0.1, -0.05) is 18.2 Å². The maximum absolute atomic E-state index is 13.9. The van der Waals surface area contributed by atoms with E-state index in [1.54, 1.807) is 30.3 Å². The molecule has 100 valence electrons. The molecule has 0 aliphatic rings. The van der Waals surface area contributed by atoms with E-state index < -0.39 is 0 Å². The summed E-state index contributed by atoms with van der Waals surface area (Å²) in [5.41, 5.74) is 7.92. The minimum Gasteiger partial charge on any atom is -0.382 e. The monoisotopic (exact) mass is 271 g/mol. The lowest BCUT2D eigenvalue weighted by molar-refractivity contribution is 0.628. The Morgan fingerprint density at radius 1 is 0.950 bits per heavy atom. The predicted octanol–water partition coefficient (Wildman–Crippen LogP) is 3.60. The van der Waals surface area contributed by atoms with Gasteiger partial charge in [-0.25, -0.2) is 8.78 Å². The molecule has 0 aliphatic heterocycles. The van der Waals surface area contributed by atoms with Crippen LogP contribution in [0.3, 0.4) is 0 Å². The van der Waals surface area contributed by atoms with E-state index in [-0.39, 0.29) is 17.5 Å². The SMILES string of the molecule is Nc1n[nH]c(-c2ccc(F)cc2)c1-c1ccccc1F. The number of aromatic amines is 1. The average molecular weight is 271 g/mol. The van der Waals surface area contributed by atoms with Crippen LogP contribution in [0.1, 0.15) is 0 Å². The Hall–Kier alpha value is -2.69. The van der Waals surface area contributed by atoms with E-state index in [4.69, 9.17) is 5.73 Å². The number of nitrogens with one attached hydrogen (secondary N) is 1. The zero-order valence-corrected chi connectivity index (χ0v) is 10.4. The Morgan fingerprint density at radius 2 is 1.65 bits per heavy atom. The summed E-state index contributed by atoms with van der Waals surface area (Å²) in [5, 5.41) is 6.70. The molecule has 0 saturated heterocycles. The first-order valence-corrected chi connectivity index (χ1v) is 6.01. The van der Waals surface area contributed by atoms with Crippen molar-refractivity contribution in [2.75, 3.05) is 5.73 Å². The molecule has 0 amide bonds. The molecule has 3 N–H and O–H groups in total. The van der Waals surface area contributed by atoms with Gasteiger partial charge in [-0.2, -0.15) is 5.10 Å². The Labute approximate surface area is 114 Å². The van der Waals surface area contributed by atoms with E-state index in [1.165, 1.54) is 18.2 Å². The smallest absolute Gasteiger partial charge is 0.153 e. The molecule has 0 spiro atoms. The van der Waals surface area contributed by atoms with Gasteiger partial charge >= 0.3 is 0 Å². The fraction of sp³-hybridized carbons (Fsp3) is 0. The van der Waals surface area contributed by atoms with Gasteiger partial charge in [-0.3, -0.25) is 5.10 Å². The fourth-order valence-electron chi connectivity index (χ4n) is 2.12. The third kappa shape index (κ3) is 2.03. The van der Waals surface area contributed by atoms with Gasteiger partial charge in [0.25, 0.3) is 0 Å². The molecule has 0 bridgehead atoms. The third-order valence-electron chi connectivity index (χ3n) is 3.07. The van der Waals surface area contributed by atoms with Crippen LogP contribution in [0.5, 0.6) is 0 Å². The van der Waals surface area contributed by atoms with Crippen LogP contribution in [0.4, 0.5) is 14.6 Å². The summed E-state index contributed by atoms with van der Waals surface area (Å²) in [4.78, 5) is 0. The van der Waals surface area contributed by atoms with Gasteiger partial charge in [-0.15, -0.1) is 0 Å². The second-order valence-corrected chi connectivity index (χ2v) is 4.35. The second-order valence-electron chi connectivity index (χ2n) is 4.35. The maximum atomic E-state index is 13.9. The van der Waals surface area contributed by atoms with E-state index in [0.717, 1.165) is 0 Å². The minimum absolute atomic E-state index is 0.203. The molecule has 0 radical (unpaired) electrons. The quantitative estimate of drug-likeness (QED) is 0.748. The van der Waals surface area contributed by atoms with Gasteiger partial charge in [0.05, 0.1) is 11.3 Å². The van der Waals surface area contributed by atoms with Crippen molar-refractivity contribution in [1.29, 1.82) is 0 Å². The summed E-state index contributed by atoms with van der Waals surface area (Å²) in [6, 6.07) is 12.2. The van der Waals surface area contributed by atoms with Crippen molar-refractivity contribution >= 4 is 5.82 Å². The standard InChI is InChI=1S/C15H11F2N3/c16-10-7-5-9(6-8-10)14-13(15(18)20-19-14)11-3-1-2-4-12(11)17/h1-8H,(H3,18,19,20). The van der Waals surface area contributed by atoms with E-state index in [0.29, 0.717) is 22.4 Å². The van der Waals surface area contributed by atoms with Crippen molar-refractivity contribution in [3.8, 4) is 22.4 Å². The predicted molar refractivity (Wildman–Crippen MR) is 73.8 cm³/mol. The number of H-pyrrole nitrogens is 1. The largest absolute Gasteiger partial charge is 0.382 e. The van der Waals surface area contributed by atoms with Crippen LogP contribution in [0.15, 0.2) is 48.5 Å². The number of aromatic nitrogens is 2. The van der Waals surface area contributed by atoms with Crippen molar-refractivity contribution in [3.05, 3.63) is 60.2 Å². The number of hydrogen-bond donors (Lipinski definition) is 2. The summed E-state index contributed by atoms with van der Waals surface area (Å²) in [6.45, 7) is 0. The van der Waals surface area contributed by atoms with Crippen molar-refractivity contribution < 1.29 is 8.78 Å². The maximum Gasteiger partial charge on any atom is 0.153 e. The lowest BCUT2D eigenvalue weighted by Gasteiger charge is -2.06. The van der Waals surface area contributed by atoms with Gasteiger partial charge in [0.15, 0.2) is 5.82 Å². The molecule has 2 aromatic carbocycles. The van der Waals surface area contributed by atoms with Crippen LogP contribution in [0.25, 0.3) is 22.4 Å². The van der Waals surface area contributed by atoms with Crippen molar-refractivity contribution in [2.24, 2.45) is 0 Å². The zero-order chi connectivity index (χ0) is 14.1. The zero-order valence-electron chi connectivity index (χ0n) is 10.4. The molecule has 1 aromatic heterocycles. The Bertz CT molecular complexity index is 748. The molecule has 3 nitrogen and oxygen atoms in total. The summed E-state index contributed by atoms with van der Waals surface area (Å²) in [5.74, 6) is -0.521. The molecular formula is C15H11F2N3. The van der Waals surface area contributed by atoms with Gasteiger partial charge in [0, 0.05) is 11.1 Å². The van der Waals surface area contributed by atoms with Crippen LogP contribution >= 0.6 is 0 Å². The summed E-state index contributed by atoms with van der Waals surface area (Å²) in [6.07, 6.45) is 0. The Morgan fingerprint density at radius 3 is 2.35 bits per heavy atom. The Kier molecular flexibility index (Phi) is 2.95. The van der Waals surface area contributed by atoms with Crippen LogP contribution in [-0.2, 0) is 0 Å². The molecule has 20 heavy (non-hydrogen) atoms. The molecule has 0 fully saturated rings. The highest BCUT2D eigenvalue weighted by atomic mass is 19.1. The molecule has 0 unspecified atom stereocenters. The highest BCUT2D eigenvalue weighted by Crippen LogP contribution is 2.35. The first-order valence-electron chi connectivity index (χ1n) is 6.01.